The van der Waals surface area contributed by atoms with Crippen molar-refractivity contribution in [2.75, 3.05) is 13.2 Å². The highest BCUT2D eigenvalue weighted by molar-refractivity contribution is 5.73. The number of hydrogen-bond donors (Lipinski definition) is 10. The first-order chi connectivity index (χ1) is 16.9. The second kappa shape index (κ2) is 12.2. The molecule has 1 amide bonds. The number of aliphatic hydroxyl groups excluding tert-OH is 9. The van der Waals surface area contributed by atoms with Crippen LogP contribution in [0.3, 0.4) is 0 Å². The fourth-order valence-electron chi connectivity index (χ4n) is 4.39. The molecule has 0 spiro atoms. The smallest absolute Gasteiger partial charge is 0.217 e. The molecule has 3 heterocycles. The lowest BCUT2D eigenvalue weighted by Gasteiger charge is -2.48. The quantitative estimate of drug-likeness (QED) is 0.147. The van der Waals surface area contributed by atoms with Crippen LogP contribution in [0.25, 0.3) is 0 Å². The van der Waals surface area contributed by atoms with Crippen LogP contribution in [-0.2, 0) is 28.5 Å². The monoisotopic (exact) mass is 529 g/mol. The van der Waals surface area contributed by atoms with Crippen molar-refractivity contribution in [2.24, 2.45) is 0 Å². The van der Waals surface area contributed by atoms with E-state index in [0.717, 1.165) is 6.92 Å². The van der Waals surface area contributed by atoms with Crippen molar-refractivity contribution >= 4 is 5.91 Å². The highest BCUT2D eigenvalue weighted by atomic mass is 16.8. The Kier molecular flexibility index (Phi) is 9.97. The van der Waals surface area contributed by atoms with Crippen LogP contribution in [0.15, 0.2) is 0 Å². The van der Waals surface area contributed by atoms with Crippen molar-refractivity contribution in [1.82, 2.24) is 5.32 Å². The molecule has 3 rings (SSSR count). The Morgan fingerprint density at radius 2 is 1.33 bits per heavy atom. The average molecular weight is 529 g/mol. The van der Waals surface area contributed by atoms with Crippen LogP contribution in [0.5, 0.6) is 0 Å². The number of ether oxygens (including phenoxy) is 5. The first-order valence-corrected chi connectivity index (χ1v) is 11.4. The van der Waals surface area contributed by atoms with Crippen LogP contribution in [0.2, 0.25) is 0 Å². The van der Waals surface area contributed by atoms with E-state index < -0.39 is 111 Å². The van der Waals surface area contributed by atoms with Gasteiger partial charge in [0, 0.05) is 6.92 Å². The standard InChI is InChI=1S/C20H35NO15/c1-5-10(25)13(28)15(30)19(32-5)36-17-14(29)11(26)7(3-22)34-20(17)35-16-8(4-23)33-18(31)9(12(16)27)21-6(2)24/h5,7-20,22-23,25-31H,3-4H2,1-2H3,(H,21,24)/t5-,7+,8+,9+,10+,11-,12+,13+,14-,15-,16+,17+,18+,19-,20-/m0/s1. The normalized spacial score (nSPS) is 50.0. The van der Waals surface area contributed by atoms with E-state index in [1.807, 2.05) is 0 Å². The molecule has 0 unspecified atom stereocenters. The molecule has 0 bridgehead atoms. The fourth-order valence-corrected chi connectivity index (χ4v) is 4.39. The van der Waals surface area contributed by atoms with Crippen molar-refractivity contribution < 1.29 is 74.4 Å². The lowest BCUT2D eigenvalue weighted by Crippen LogP contribution is -2.68. The minimum atomic E-state index is -1.82. The second-order valence-corrected chi connectivity index (χ2v) is 9.05. The molecule has 0 aromatic carbocycles. The molecule has 16 heteroatoms. The average Bonchev–Trinajstić information content (AvgIpc) is 2.84. The van der Waals surface area contributed by atoms with Gasteiger partial charge >= 0.3 is 0 Å². The molecule has 210 valence electrons. The number of amides is 1. The van der Waals surface area contributed by atoms with E-state index in [-0.39, 0.29) is 0 Å². The Hall–Kier alpha value is -1.09. The third-order valence-corrected chi connectivity index (χ3v) is 6.46. The van der Waals surface area contributed by atoms with Gasteiger partial charge in [0.05, 0.1) is 19.3 Å². The minimum Gasteiger partial charge on any atom is -0.394 e. The van der Waals surface area contributed by atoms with Gasteiger partial charge in [-0.3, -0.25) is 4.79 Å². The van der Waals surface area contributed by atoms with E-state index >= 15 is 0 Å². The number of hydrogen-bond acceptors (Lipinski definition) is 15. The van der Waals surface area contributed by atoms with E-state index in [9.17, 15) is 50.8 Å². The van der Waals surface area contributed by atoms with Gasteiger partial charge in [-0.1, -0.05) is 0 Å². The van der Waals surface area contributed by atoms with Gasteiger partial charge in [-0.2, -0.15) is 0 Å². The summed E-state index contributed by atoms with van der Waals surface area (Å²) in [7, 11) is 0. The van der Waals surface area contributed by atoms with Crippen LogP contribution < -0.4 is 5.32 Å². The molecule has 3 aliphatic rings. The van der Waals surface area contributed by atoms with Crippen molar-refractivity contribution in [2.45, 2.75) is 106 Å². The third kappa shape index (κ3) is 5.97. The fraction of sp³-hybridized carbons (Fsp3) is 0.950. The molecule has 10 N–H and O–H groups in total. The van der Waals surface area contributed by atoms with Gasteiger partial charge in [0.25, 0.3) is 0 Å². The molecule has 16 nitrogen and oxygen atoms in total. The SMILES string of the molecule is CC(=O)N[C@@H]1[C@@H](O)[C@H](O[C@@H]2O[C@H](CO)[C@H](O)[C@H](O)[C@H]2O[C@@H]2O[C@@H](C)[C@@H](O)[C@@H](O)[C@@H]2O)[C@@H](CO)O[C@H]1O. The summed E-state index contributed by atoms with van der Waals surface area (Å²) in [5, 5.41) is 93.8. The van der Waals surface area contributed by atoms with Gasteiger partial charge in [-0.05, 0) is 6.92 Å². The Morgan fingerprint density at radius 1 is 0.722 bits per heavy atom. The summed E-state index contributed by atoms with van der Waals surface area (Å²) >= 11 is 0. The van der Waals surface area contributed by atoms with Crippen LogP contribution in [-0.4, -0.2) is 157 Å². The molecule has 0 aromatic rings. The Labute approximate surface area is 205 Å². The topological polar surface area (TPSA) is 257 Å². The van der Waals surface area contributed by atoms with Gasteiger partial charge in [-0.25, -0.2) is 0 Å². The van der Waals surface area contributed by atoms with Crippen molar-refractivity contribution in [1.29, 1.82) is 0 Å². The van der Waals surface area contributed by atoms with E-state index in [1.165, 1.54) is 6.92 Å². The molecule has 15 atom stereocenters. The number of carbonyl (C=O) groups is 1. The Balaban J connectivity index is 1.86. The zero-order valence-electron chi connectivity index (χ0n) is 19.5. The van der Waals surface area contributed by atoms with Gasteiger partial charge in [-0.15, -0.1) is 0 Å². The molecule has 36 heavy (non-hydrogen) atoms. The van der Waals surface area contributed by atoms with E-state index in [2.05, 4.69) is 5.32 Å². The maximum Gasteiger partial charge on any atom is 0.217 e. The van der Waals surface area contributed by atoms with E-state index in [4.69, 9.17) is 23.7 Å². The predicted molar refractivity (Wildman–Crippen MR) is 111 cm³/mol. The number of aliphatic hydroxyl groups is 9. The zero-order valence-corrected chi connectivity index (χ0v) is 19.5. The summed E-state index contributed by atoms with van der Waals surface area (Å²) < 4.78 is 27.5. The summed E-state index contributed by atoms with van der Waals surface area (Å²) in [6, 6.07) is -1.39. The van der Waals surface area contributed by atoms with Gasteiger partial charge < -0.3 is 75.0 Å². The first-order valence-electron chi connectivity index (χ1n) is 11.4. The Bertz CT molecular complexity index is 731. The third-order valence-electron chi connectivity index (χ3n) is 6.46. The predicted octanol–water partition coefficient (Wildman–Crippen LogP) is -6.40. The number of rotatable bonds is 7. The molecular weight excluding hydrogens is 494 g/mol. The molecule has 3 saturated heterocycles. The highest BCUT2D eigenvalue weighted by Gasteiger charge is 2.53. The summed E-state index contributed by atoms with van der Waals surface area (Å²) in [6.07, 6.45) is -22.1. The largest absolute Gasteiger partial charge is 0.394 e. The zero-order chi connectivity index (χ0) is 26.9. The Morgan fingerprint density at radius 3 is 1.92 bits per heavy atom. The summed E-state index contributed by atoms with van der Waals surface area (Å²) in [4.78, 5) is 11.5. The van der Waals surface area contributed by atoms with Crippen LogP contribution in [0.4, 0.5) is 0 Å². The van der Waals surface area contributed by atoms with Crippen LogP contribution in [0.1, 0.15) is 13.8 Å². The van der Waals surface area contributed by atoms with Gasteiger partial charge in [0.15, 0.2) is 18.9 Å². The molecule has 0 radical (unpaired) electrons. The van der Waals surface area contributed by atoms with E-state index in [0.29, 0.717) is 0 Å². The molecular formula is C20H35NO15. The van der Waals surface area contributed by atoms with Crippen LogP contribution >= 0.6 is 0 Å². The minimum absolute atomic E-state index is 0.616. The summed E-state index contributed by atoms with van der Waals surface area (Å²) in [5.74, 6) is -0.616. The lowest BCUT2D eigenvalue weighted by atomic mass is 9.95. The van der Waals surface area contributed by atoms with Gasteiger partial charge in [0.2, 0.25) is 5.91 Å². The van der Waals surface area contributed by atoms with Crippen LogP contribution in [0, 0.1) is 0 Å². The van der Waals surface area contributed by atoms with Crippen molar-refractivity contribution in [3.63, 3.8) is 0 Å². The maximum absolute atomic E-state index is 11.5. The lowest BCUT2D eigenvalue weighted by molar-refractivity contribution is -0.382. The number of nitrogens with one attached hydrogen (secondary N) is 1. The molecule has 0 aromatic heterocycles. The molecule has 3 fully saturated rings. The van der Waals surface area contributed by atoms with Gasteiger partial charge in [0.1, 0.15) is 67.1 Å². The van der Waals surface area contributed by atoms with E-state index in [1.54, 1.807) is 0 Å². The molecule has 3 aliphatic heterocycles. The molecule has 0 aliphatic carbocycles. The highest BCUT2D eigenvalue weighted by Crippen LogP contribution is 2.32. The number of carbonyl (C=O) groups excluding carboxylic acids is 1. The first kappa shape index (κ1) is 29.5. The second-order valence-electron chi connectivity index (χ2n) is 9.05. The van der Waals surface area contributed by atoms with Crippen molar-refractivity contribution in [3.05, 3.63) is 0 Å². The summed E-state index contributed by atoms with van der Waals surface area (Å²) in [5.41, 5.74) is 0. The molecule has 0 saturated carbocycles. The van der Waals surface area contributed by atoms with Crippen molar-refractivity contribution in [3.8, 4) is 0 Å². The maximum atomic E-state index is 11.5. The summed E-state index contributed by atoms with van der Waals surface area (Å²) in [6.45, 7) is 0.997.